The van der Waals surface area contributed by atoms with Gasteiger partial charge >= 0.3 is 0 Å². The van der Waals surface area contributed by atoms with Gasteiger partial charge < -0.3 is 0 Å². The summed E-state index contributed by atoms with van der Waals surface area (Å²) in [6.07, 6.45) is 5.16. The van der Waals surface area contributed by atoms with E-state index in [1.54, 1.807) is 0 Å². The second-order valence-electron chi connectivity index (χ2n) is 3.83. The number of carbonyl (C=O) groups excluding carboxylic acids is 1. The predicted octanol–water partition coefficient (Wildman–Crippen LogP) is 2.53. The van der Waals surface area contributed by atoms with Crippen LogP contribution in [0.15, 0.2) is 6.20 Å². The van der Waals surface area contributed by atoms with Crippen LogP contribution in [-0.4, -0.2) is 15.6 Å². The van der Waals surface area contributed by atoms with Gasteiger partial charge in [-0.2, -0.15) is 5.10 Å². The molecule has 0 amide bonds. The number of rotatable bonds is 1. The van der Waals surface area contributed by atoms with Crippen molar-refractivity contribution in [3.05, 3.63) is 16.9 Å². The van der Waals surface area contributed by atoms with Gasteiger partial charge in [0.05, 0.1) is 16.8 Å². The highest BCUT2D eigenvalue weighted by molar-refractivity contribution is 6.31. The fraction of sp³-hybridized carbons (Fsp3) is 0.600. The van der Waals surface area contributed by atoms with Crippen LogP contribution in [0.3, 0.4) is 0 Å². The molecule has 1 aromatic heterocycles. The first-order valence-corrected chi connectivity index (χ1v) is 5.27. The summed E-state index contributed by atoms with van der Waals surface area (Å²) in [5.74, 6) is 0.338. The normalized spacial score (nSPS) is 22.7. The summed E-state index contributed by atoms with van der Waals surface area (Å²) >= 11 is 5.92. The Kier molecular flexibility index (Phi) is 2.59. The Labute approximate surface area is 88.1 Å². The molecule has 1 aromatic rings. The maximum absolute atomic E-state index is 11.3. The zero-order chi connectivity index (χ0) is 10.1. The molecule has 0 aromatic carbocycles. The molecule has 0 aliphatic heterocycles. The van der Waals surface area contributed by atoms with Gasteiger partial charge in [0.1, 0.15) is 5.78 Å². The SMILES string of the molecule is Cc1nn(C2CCCC(=O)C2)cc1Cl. The third-order valence-electron chi connectivity index (χ3n) is 2.69. The van der Waals surface area contributed by atoms with Crippen molar-refractivity contribution in [1.82, 2.24) is 9.78 Å². The molecular weight excluding hydrogens is 200 g/mol. The third kappa shape index (κ3) is 1.82. The highest BCUT2D eigenvalue weighted by Crippen LogP contribution is 2.27. The standard InChI is InChI=1S/C10H13ClN2O/c1-7-10(11)6-13(12-7)8-3-2-4-9(14)5-8/h6,8H,2-5H2,1H3. The molecule has 76 valence electrons. The van der Waals surface area contributed by atoms with Gasteiger partial charge in [0.25, 0.3) is 0 Å². The van der Waals surface area contributed by atoms with Crippen LogP contribution in [-0.2, 0) is 4.79 Å². The summed E-state index contributed by atoms with van der Waals surface area (Å²) in [5, 5.41) is 4.98. The Morgan fingerprint density at radius 1 is 1.64 bits per heavy atom. The minimum absolute atomic E-state index is 0.224. The van der Waals surface area contributed by atoms with Crippen LogP contribution in [0, 0.1) is 6.92 Å². The van der Waals surface area contributed by atoms with Crippen LogP contribution in [0.2, 0.25) is 5.02 Å². The van der Waals surface area contributed by atoms with Gasteiger partial charge in [-0.1, -0.05) is 11.6 Å². The first-order chi connectivity index (χ1) is 6.66. The van der Waals surface area contributed by atoms with Crippen molar-refractivity contribution < 1.29 is 4.79 Å². The number of nitrogens with zero attached hydrogens (tertiary/aromatic N) is 2. The highest BCUT2D eigenvalue weighted by atomic mass is 35.5. The fourth-order valence-corrected chi connectivity index (χ4v) is 2.01. The summed E-state index contributed by atoms with van der Waals surface area (Å²) in [6, 6.07) is 0.224. The lowest BCUT2D eigenvalue weighted by atomic mass is 9.94. The number of aromatic nitrogens is 2. The molecule has 1 fully saturated rings. The molecule has 3 nitrogen and oxygen atoms in total. The highest BCUT2D eigenvalue weighted by Gasteiger charge is 2.21. The molecule has 0 saturated heterocycles. The molecule has 0 spiro atoms. The Balaban J connectivity index is 2.17. The molecule has 1 unspecified atom stereocenters. The van der Waals surface area contributed by atoms with Crippen LogP contribution in [0.1, 0.15) is 37.4 Å². The molecule has 1 heterocycles. The number of ketones is 1. The van der Waals surface area contributed by atoms with Crippen molar-refractivity contribution in [3.8, 4) is 0 Å². The molecular formula is C10H13ClN2O. The van der Waals surface area contributed by atoms with E-state index in [0.717, 1.165) is 25.0 Å². The lowest BCUT2D eigenvalue weighted by Crippen LogP contribution is -2.19. The number of Topliss-reactive ketones (excluding diaryl/α,β-unsaturated/α-hetero) is 1. The lowest BCUT2D eigenvalue weighted by molar-refractivity contribution is -0.121. The minimum atomic E-state index is 0.224. The summed E-state index contributed by atoms with van der Waals surface area (Å²) in [6.45, 7) is 1.88. The first-order valence-electron chi connectivity index (χ1n) is 4.90. The van der Waals surface area contributed by atoms with Gasteiger partial charge in [-0.05, 0) is 19.8 Å². The Hall–Kier alpha value is -0.830. The van der Waals surface area contributed by atoms with Gasteiger partial charge in [-0.25, -0.2) is 0 Å². The molecule has 1 atom stereocenters. The Morgan fingerprint density at radius 2 is 2.43 bits per heavy atom. The van der Waals surface area contributed by atoms with Gasteiger partial charge in [0.15, 0.2) is 0 Å². The van der Waals surface area contributed by atoms with Crippen molar-refractivity contribution >= 4 is 17.4 Å². The topological polar surface area (TPSA) is 34.9 Å². The summed E-state index contributed by atoms with van der Waals surface area (Å²) in [5.41, 5.74) is 0.838. The molecule has 2 rings (SSSR count). The van der Waals surface area contributed by atoms with Crippen molar-refractivity contribution in [2.45, 2.75) is 38.6 Å². The van der Waals surface area contributed by atoms with Crippen molar-refractivity contribution in [1.29, 1.82) is 0 Å². The maximum Gasteiger partial charge on any atom is 0.135 e. The molecule has 1 aliphatic carbocycles. The summed E-state index contributed by atoms with van der Waals surface area (Å²) in [4.78, 5) is 11.3. The summed E-state index contributed by atoms with van der Waals surface area (Å²) < 4.78 is 1.84. The third-order valence-corrected chi connectivity index (χ3v) is 3.06. The van der Waals surface area contributed by atoms with Gasteiger partial charge in [0.2, 0.25) is 0 Å². The van der Waals surface area contributed by atoms with Crippen LogP contribution in [0.4, 0.5) is 0 Å². The van der Waals surface area contributed by atoms with E-state index in [4.69, 9.17) is 11.6 Å². The van der Waals surface area contributed by atoms with Gasteiger partial charge in [0, 0.05) is 19.0 Å². The molecule has 14 heavy (non-hydrogen) atoms. The van der Waals surface area contributed by atoms with Crippen LogP contribution >= 0.6 is 11.6 Å². The number of aryl methyl sites for hydroxylation is 1. The zero-order valence-electron chi connectivity index (χ0n) is 8.16. The van der Waals surface area contributed by atoms with E-state index in [9.17, 15) is 4.79 Å². The maximum atomic E-state index is 11.3. The zero-order valence-corrected chi connectivity index (χ0v) is 8.92. The fourth-order valence-electron chi connectivity index (χ4n) is 1.87. The van der Waals surface area contributed by atoms with Crippen molar-refractivity contribution in [2.75, 3.05) is 0 Å². The van der Waals surface area contributed by atoms with E-state index >= 15 is 0 Å². The van der Waals surface area contributed by atoms with E-state index in [1.807, 2.05) is 17.8 Å². The monoisotopic (exact) mass is 212 g/mol. The molecule has 4 heteroatoms. The van der Waals surface area contributed by atoms with E-state index in [0.29, 0.717) is 17.2 Å². The van der Waals surface area contributed by atoms with E-state index in [2.05, 4.69) is 5.10 Å². The molecule has 0 N–H and O–H groups in total. The van der Waals surface area contributed by atoms with Crippen molar-refractivity contribution in [3.63, 3.8) is 0 Å². The molecule has 0 bridgehead atoms. The molecule has 1 saturated carbocycles. The largest absolute Gasteiger partial charge is 0.300 e. The van der Waals surface area contributed by atoms with Gasteiger partial charge in [-0.3, -0.25) is 9.48 Å². The lowest BCUT2D eigenvalue weighted by Gasteiger charge is -2.20. The molecule has 1 aliphatic rings. The predicted molar refractivity (Wildman–Crippen MR) is 54.5 cm³/mol. The number of halogens is 1. The van der Waals surface area contributed by atoms with Crippen LogP contribution in [0.25, 0.3) is 0 Å². The van der Waals surface area contributed by atoms with Crippen molar-refractivity contribution in [2.24, 2.45) is 0 Å². The second-order valence-corrected chi connectivity index (χ2v) is 4.24. The quantitative estimate of drug-likeness (QED) is 0.717. The Bertz CT molecular complexity index is 340. The average molecular weight is 213 g/mol. The summed E-state index contributed by atoms with van der Waals surface area (Å²) in [7, 11) is 0. The first kappa shape index (κ1) is 9.71. The van der Waals surface area contributed by atoms with E-state index in [-0.39, 0.29) is 6.04 Å². The minimum Gasteiger partial charge on any atom is -0.300 e. The van der Waals surface area contributed by atoms with Crippen LogP contribution in [0.5, 0.6) is 0 Å². The molecule has 0 radical (unpaired) electrons. The smallest absolute Gasteiger partial charge is 0.135 e. The average Bonchev–Trinajstić information content (AvgIpc) is 2.47. The van der Waals surface area contributed by atoms with E-state index in [1.165, 1.54) is 0 Å². The number of hydrogen-bond acceptors (Lipinski definition) is 2. The second kappa shape index (κ2) is 3.73. The number of carbonyl (C=O) groups is 1. The van der Waals surface area contributed by atoms with E-state index < -0.39 is 0 Å². The van der Waals surface area contributed by atoms with Gasteiger partial charge in [-0.15, -0.1) is 0 Å². The Morgan fingerprint density at radius 3 is 3.00 bits per heavy atom. The number of hydrogen-bond donors (Lipinski definition) is 0. The van der Waals surface area contributed by atoms with Crippen LogP contribution < -0.4 is 0 Å².